The molecular weight excluding hydrogens is 428 g/mol. The molecule has 0 saturated heterocycles. The molecule has 34 heavy (non-hydrogen) atoms. The number of benzene rings is 3. The summed E-state index contributed by atoms with van der Waals surface area (Å²) in [6.45, 7) is 10.3. The van der Waals surface area contributed by atoms with Crippen molar-refractivity contribution >= 4 is 17.9 Å². The standard InChI is InChI=1S/C29H30O5/c1-19(2)20-11-13-22(14-12-20)27(31)34-28(32)25(21-9-7-6-8-10-21)33-26(30)23-15-17-24(18-16-23)29(3,4)5/h6-19,25H,1-5H3. The van der Waals surface area contributed by atoms with Gasteiger partial charge in [0.1, 0.15) is 0 Å². The second kappa shape index (κ2) is 10.5. The second-order valence-corrected chi connectivity index (χ2v) is 9.51. The van der Waals surface area contributed by atoms with Crippen molar-refractivity contribution in [1.29, 1.82) is 0 Å². The van der Waals surface area contributed by atoms with Crippen molar-refractivity contribution in [3.05, 3.63) is 107 Å². The summed E-state index contributed by atoms with van der Waals surface area (Å²) >= 11 is 0. The Kier molecular flexibility index (Phi) is 7.67. The van der Waals surface area contributed by atoms with E-state index in [2.05, 4.69) is 20.8 Å². The number of hydrogen-bond acceptors (Lipinski definition) is 5. The van der Waals surface area contributed by atoms with Crippen LogP contribution < -0.4 is 0 Å². The third-order valence-corrected chi connectivity index (χ3v) is 5.53. The highest BCUT2D eigenvalue weighted by Crippen LogP contribution is 2.25. The Labute approximate surface area is 200 Å². The third kappa shape index (κ3) is 6.19. The number of carbonyl (C=O) groups is 3. The predicted molar refractivity (Wildman–Crippen MR) is 131 cm³/mol. The van der Waals surface area contributed by atoms with E-state index in [-0.39, 0.29) is 11.0 Å². The van der Waals surface area contributed by atoms with Gasteiger partial charge in [0, 0.05) is 5.56 Å². The first-order valence-electron chi connectivity index (χ1n) is 11.3. The molecule has 0 aliphatic rings. The van der Waals surface area contributed by atoms with Gasteiger partial charge in [-0.15, -0.1) is 0 Å². The summed E-state index contributed by atoms with van der Waals surface area (Å²) in [5.74, 6) is -2.12. The molecule has 0 aromatic heterocycles. The summed E-state index contributed by atoms with van der Waals surface area (Å²) in [4.78, 5) is 38.3. The van der Waals surface area contributed by atoms with Crippen molar-refractivity contribution in [2.24, 2.45) is 0 Å². The number of hydrogen-bond donors (Lipinski definition) is 0. The van der Waals surface area contributed by atoms with Gasteiger partial charge in [0.2, 0.25) is 6.10 Å². The molecule has 0 N–H and O–H groups in total. The van der Waals surface area contributed by atoms with Gasteiger partial charge in [-0.1, -0.05) is 89.2 Å². The minimum atomic E-state index is -1.38. The number of rotatable bonds is 6. The summed E-state index contributed by atoms with van der Waals surface area (Å²) in [7, 11) is 0. The first-order chi connectivity index (χ1) is 16.1. The average Bonchev–Trinajstić information content (AvgIpc) is 2.82. The van der Waals surface area contributed by atoms with Crippen LogP contribution in [0.25, 0.3) is 0 Å². The maximum atomic E-state index is 12.9. The Morgan fingerprint density at radius 2 is 1.21 bits per heavy atom. The molecule has 3 aromatic rings. The van der Waals surface area contributed by atoms with Gasteiger partial charge in [-0.05, 0) is 46.7 Å². The van der Waals surface area contributed by atoms with Crippen molar-refractivity contribution in [2.45, 2.75) is 52.1 Å². The Balaban J connectivity index is 1.78. The van der Waals surface area contributed by atoms with E-state index < -0.39 is 24.0 Å². The lowest BCUT2D eigenvalue weighted by molar-refractivity contribution is -0.148. The van der Waals surface area contributed by atoms with E-state index in [0.29, 0.717) is 17.0 Å². The molecule has 0 amide bonds. The van der Waals surface area contributed by atoms with Crippen LogP contribution in [0.15, 0.2) is 78.9 Å². The maximum Gasteiger partial charge on any atom is 0.360 e. The van der Waals surface area contributed by atoms with Gasteiger partial charge >= 0.3 is 17.9 Å². The fourth-order valence-electron chi connectivity index (χ4n) is 3.37. The summed E-state index contributed by atoms with van der Waals surface area (Å²) < 4.78 is 10.6. The zero-order chi connectivity index (χ0) is 24.9. The highest BCUT2D eigenvalue weighted by Gasteiger charge is 2.29. The van der Waals surface area contributed by atoms with Crippen LogP contribution in [0.2, 0.25) is 0 Å². The van der Waals surface area contributed by atoms with Gasteiger partial charge in [-0.3, -0.25) is 0 Å². The molecule has 0 aliphatic carbocycles. The van der Waals surface area contributed by atoms with E-state index in [1.165, 1.54) is 0 Å². The van der Waals surface area contributed by atoms with Gasteiger partial charge in [-0.25, -0.2) is 14.4 Å². The normalized spacial score (nSPS) is 12.2. The van der Waals surface area contributed by atoms with Crippen LogP contribution in [0.4, 0.5) is 0 Å². The minimum Gasteiger partial charge on any atom is -0.442 e. The van der Waals surface area contributed by atoms with Crippen molar-refractivity contribution < 1.29 is 23.9 Å². The molecule has 0 bridgehead atoms. The molecule has 0 spiro atoms. The smallest absolute Gasteiger partial charge is 0.360 e. The molecule has 0 radical (unpaired) electrons. The van der Waals surface area contributed by atoms with Crippen LogP contribution >= 0.6 is 0 Å². The van der Waals surface area contributed by atoms with E-state index in [4.69, 9.17) is 9.47 Å². The number of ether oxygens (including phenoxy) is 2. The van der Waals surface area contributed by atoms with Crippen molar-refractivity contribution in [3.8, 4) is 0 Å². The van der Waals surface area contributed by atoms with Crippen molar-refractivity contribution in [1.82, 2.24) is 0 Å². The fraction of sp³-hybridized carbons (Fsp3) is 0.276. The quantitative estimate of drug-likeness (QED) is 0.316. The molecule has 1 atom stereocenters. The molecule has 5 heteroatoms. The molecule has 1 unspecified atom stereocenters. The Bertz CT molecular complexity index is 1140. The van der Waals surface area contributed by atoms with Crippen LogP contribution in [0.5, 0.6) is 0 Å². The van der Waals surface area contributed by atoms with Crippen molar-refractivity contribution in [2.75, 3.05) is 0 Å². The number of esters is 3. The molecular formula is C29H30O5. The SMILES string of the molecule is CC(C)c1ccc(C(=O)OC(=O)C(OC(=O)c2ccc(C(C)(C)C)cc2)c2ccccc2)cc1. The minimum absolute atomic E-state index is 0.0629. The van der Waals surface area contributed by atoms with Crippen LogP contribution in [-0.4, -0.2) is 17.9 Å². The van der Waals surface area contributed by atoms with Gasteiger partial charge in [-0.2, -0.15) is 0 Å². The molecule has 3 rings (SSSR count). The van der Waals surface area contributed by atoms with E-state index in [9.17, 15) is 14.4 Å². The summed E-state index contributed by atoms with van der Waals surface area (Å²) in [5, 5.41) is 0. The fourth-order valence-corrected chi connectivity index (χ4v) is 3.37. The zero-order valence-electron chi connectivity index (χ0n) is 20.2. The molecule has 0 aliphatic heterocycles. The summed E-state index contributed by atoms with van der Waals surface area (Å²) in [5.41, 5.74) is 3.03. The number of carbonyl (C=O) groups excluding carboxylic acids is 3. The average molecular weight is 459 g/mol. The van der Waals surface area contributed by atoms with E-state index in [0.717, 1.165) is 11.1 Å². The Morgan fingerprint density at radius 3 is 1.74 bits per heavy atom. The maximum absolute atomic E-state index is 12.9. The first kappa shape index (κ1) is 24.9. The molecule has 0 fully saturated rings. The van der Waals surface area contributed by atoms with Gasteiger partial charge < -0.3 is 9.47 Å². The molecule has 3 aromatic carbocycles. The third-order valence-electron chi connectivity index (χ3n) is 5.53. The lowest BCUT2D eigenvalue weighted by atomic mass is 9.87. The first-order valence-corrected chi connectivity index (χ1v) is 11.3. The summed E-state index contributed by atoms with van der Waals surface area (Å²) in [6, 6.07) is 22.4. The Morgan fingerprint density at radius 1 is 0.676 bits per heavy atom. The molecule has 0 saturated carbocycles. The van der Waals surface area contributed by atoms with Crippen molar-refractivity contribution in [3.63, 3.8) is 0 Å². The predicted octanol–water partition coefficient (Wildman–Crippen LogP) is 6.39. The topological polar surface area (TPSA) is 69.7 Å². The van der Waals surface area contributed by atoms with E-state index in [1.807, 2.05) is 38.1 Å². The molecule has 5 nitrogen and oxygen atoms in total. The lowest BCUT2D eigenvalue weighted by Gasteiger charge is -2.20. The molecule has 176 valence electrons. The highest BCUT2D eigenvalue weighted by atomic mass is 16.6. The monoisotopic (exact) mass is 458 g/mol. The zero-order valence-corrected chi connectivity index (χ0v) is 20.2. The van der Waals surface area contributed by atoms with Gasteiger partial charge in [0.25, 0.3) is 0 Å². The largest absolute Gasteiger partial charge is 0.442 e. The van der Waals surface area contributed by atoms with Crippen LogP contribution in [-0.2, 0) is 19.7 Å². The Hall–Kier alpha value is -3.73. The second-order valence-electron chi connectivity index (χ2n) is 9.51. The van der Waals surface area contributed by atoms with Crippen LogP contribution in [0.1, 0.15) is 84.0 Å². The van der Waals surface area contributed by atoms with E-state index >= 15 is 0 Å². The van der Waals surface area contributed by atoms with Gasteiger partial charge in [0.05, 0.1) is 11.1 Å². The van der Waals surface area contributed by atoms with E-state index in [1.54, 1.807) is 54.6 Å². The van der Waals surface area contributed by atoms with Crippen LogP contribution in [0, 0.1) is 0 Å². The lowest BCUT2D eigenvalue weighted by Crippen LogP contribution is -2.24. The van der Waals surface area contributed by atoms with Gasteiger partial charge in [0.15, 0.2) is 0 Å². The highest BCUT2D eigenvalue weighted by molar-refractivity contribution is 5.99. The summed E-state index contributed by atoms with van der Waals surface area (Å²) in [6.07, 6.45) is -1.38. The van der Waals surface area contributed by atoms with Crippen LogP contribution in [0.3, 0.4) is 0 Å². The molecule has 0 heterocycles.